The number of anilines is 3. The van der Waals surface area contributed by atoms with Gasteiger partial charge in [-0.05, 0) is 50.7 Å². The maximum Gasteiger partial charge on any atom is 0.248 e. The van der Waals surface area contributed by atoms with Gasteiger partial charge in [0.1, 0.15) is 23.7 Å². The fourth-order valence-corrected chi connectivity index (χ4v) is 4.77. The van der Waals surface area contributed by atoms with E-state index in [1.54, 1.807) is 18.2 Å². The standard InChI is InChI=1S/C31H35ClFN5O4/c1-38(11-4-2-3-5-13-39)12-6-7-30(40)37-28-16-24-27(17-29(28)42-23-10-14-41-20-23)35-19-21(18-34)31(24)36-22-8-9-26(33)25(32)15-22/h6-9,15-17,19,23,39H,2-5,10-14,20H2,1H3,(H,35,36)(H,37,40)/t23-/m0/s1. The van der Waals surface area contributed by atoms with Gasteiger partial charge in [-0.3, -0.25) is 9.78 Å². The second-order valence-electron chi connectivity index (χ2n) is 10.2. The molecule has 42 heavy (non-hydrogen) atoms. The van der Waals surface area contributed by atoms with Crippen molar-refractivity contribution < 1.29 is 23.8 Å². The maximum absolute atomic E-state index is 13.7. The molecule has 1 atom stereocenters. The molecule has 1 amide bonds. The van der Waals surface area contributed by atoms with Crippen LogP contribution in [-0.4, -0.2) is 67.0 Å². The molecule has 1 aromatic heterocycles. The first kappa shape index (κ1) is 31.2. The van der Waals surface area contributed by atoms with Gasteiger partial charge in [-0.15, -0.1) is 0 Å². The Bertz CT molecular complexity index is 1460. The van der Waals surface area contributed by atoms with Crippen LogP contribution in [0.2, 0.25) is 5.02 Å². The summed E-state index contributed by atoms with van der Waals surface area (Å²) in [5.41, 5.74) is 2.14. The lowest BCUT2D eigenvalue weighted by Gasteiger charge is -2.18. The number of unbranched alkanes of at least 4 members (excludes halogenated alkanes) is 3. The Morgan fingerprint density at radius 1 is 1.31 bits per heavy atom. The number of hydrogen-bond donors (Lipinski definition) is 3. The monoisotopic (exact) mass is 595 g/mol. The molecule has 0 saturated carbocycles. The molecule has 2 heterocycles. The fourth-order valence-electron chi connectivity index (χ4n) is 4.59. The van der Waals surface area contributed by atoms with Gasteiger partial charge in [-0.25, -0.2) is 4.39 Å². The number of pyridine rings is 1. The van der Waals surface area contributed by atoms with Crippen LogP contribution in [-0.2, 0) is 9.53 Å². The highest BCUT2D eigenvalue weighted by Gasteiger charge is 2.21. The number of ether oxygens (including phenoxy) is 2. The van der Waals surface area contributed by atoms with Crippen molar-refractivity contribution in [3.05, 3.63) is 65.1 Å². The van der Waals surface area contributed by atoms with Gasteiger partial charge < -0.3 is 30.1 Å². The normalized spacial score (nSPS) is 14.9. The van der Waals surface area contributed by atoms with E-state index < -0.39 is 5.82 Å². The number of carbonyl (C=O) groups excluding carboxylic acids is 1. The number of nitriles is 1. The molecule has 3 aromatic rings. The lowest BCUT2D eigenvalue weighted by atomic mass is 10.1. The fraction of sp³-hybridized carbons (Fsp3) is 0.387. The number of fused-ring (bicyclic) bond motifs is 1. The van der Waals surface area contributed by atoms with Gasteiger partial charge in [-0.1, -0.05) is 30.5 Å². The lowest BCUT2D eigenvalue weighted by molar-refractivity contribution is -0.111. The summed E-state index contributed by atoms with van der Waals surface area (Å²) in [6.45, 7) is 2.76. The van der Waals surface area contributed by atoms with Crippen LogP contribution >= 0.6 is 11.6 Å². The number of aliphatic hydroxyl groups excluding tert-OH is 1. The zero-order valence-electron chi connectivity index (χ0n) is 23.5. The van der Waals surface area contributed by atoms with E-state index in [1.807, 2.05) is 7.05 Å². The van der Waals surface area contributed by atoms with Gasteiger partial charge >= 0.3 is 0 Å². The second-order valence-corrected chi connectivity index (χ2v) is 10.6. The summed E-state index contributed by atoms with van der Waals surface area (Å²) in [6.07, 6.45) is 9.19. The van der Waals surface area contributed by atoms with Crippen LogP contribution in [0.5, 0.6) is 5.75 Å². The highest BCUT2D eigenvalue weighted by Crippen LogP contribution is 2.37. The quantitative estimate of drug-likeness (QED) is 0.158. The van der Waals surface area contributed by atoms with Crippen LogP contribution in [0.25, 0.3) is 10.9 Å². The Morgan fingerprint density at radius 2 is 2.14 bits per heavy atom. The highest BCUT2D eigenvalue weighted by atomic mass is 35.5. The van der Waals surface area contributed by atoms with Gasteiger partial charge in [0, 0.05) is 49.0 Å². The first-order valence-electron chi connectivity index (χ1n) is 14.0. The summed E-state index contributed by atoms with van der Waals surface area (Å²) < 4.78 is 25.4. The number of rotatable bonds is 14. The summed E-state index contributed by atoms with van der Waals surface area (Å²) in [7, 11) is 2.00. The predicted molar refractivity (Wildman–Crippen MR) is 162 cm³/mol. The third kappa shape index (κ3) is 8.63. The molecule has 9 nitrogen and oxygen atoms in total. The Balaban J connectivity index is 1.57. The van der Waals surface area contributed by atoms with Crippen LogP contribution in [0.3, 0.4) is 0 Å². The molecule has 0 spiro atoms. The largest absolute Gasteiger partial charge is 0.486 e. The molecular weight excluding hydrogens is 561 g/mol. The van der Waals surface area contributed by atoms with E-state index in [4.69, 9.17) is 26.2 Å². The van der Waals surface area contributed by atoms with Crippen molar-refractivity contribution in [1.29, 1.82) is 5.26 Å². The van der Waals surface area contributed by atoms with E-state index in [-0.39, 0.29) is 29.2 Å². The van der Waals surface area contributed by atoms with Crippen LogP contribution < -0.4 is 15.4 Å². The number of aliphatic hydroxyl groups is 1. The Morgan fingerprint density at radius 3 is 2.88 bits per heavy atom. The van der Waals surface area contributed by atoms with E-state index in [9.17, 15) is 14.4 Å². The molecule has 0 aliphatic carbocycles. The molecule has 0 unspecified atom stereocenters. The Hall–Kier alpha value is -3.75. The minimum absolute atomic E-state index is 0.0570. The summed E-state index contributed by atoms with van der Waals surface area (Å²) in [5.74, 6) is -0.447. The van der Waals surface area contributed by atoms with Crippen LogP contribution in [0, 0.1) is 17.1 Å². The molecule has 0 bridgehead atoms. The van der Waals surface area contributed by atoms with Crippen molar-refractivity contribution in [2.75, 3.05) is 50.6 Å². The zero-order valence-corrected chi connectivity index (χ0v) is 24.3. The van der Waals surface area contributed by atoms with Crippen molar-refractivity contribution >= 4 is 45.5 Å². The first-order chi connectivity index (χ1) is 20.4. The summed E-state index contributed by atoms with van der Waals surface area (Å²) in [6, 6.07) is 9.76. The van der Waals surface area contributed by atoms with Crippen molar-refractivity contribution in [1.82, 2.24) is 9.88 Å². The van der Waals surface area contributed by atoms with Crippen LogP contribution in [0.4, 0.5) is 21.5 Å². The Kier molecular flexibility index (Phi) is 11.5. The van der Waals surface area contributed by atoms with E-state index in [0.717, 1.165) is 38.6 Å². The van der Waals surface area contributed by atoms with Gasteiger partial charge in [0.15, 0.2) is 0 Å². The average molecular weight is 596 g/mol. The molecule has 4 rings (SSSR count). The number of halogens is 2. The third-order valence-corrected chi connectivity index (χ3v) is 7.14. The molecule has 2 aromatic carbocycles. The van der Waals surface area contributed by atoms with Gasteiger partial charge in [0.2, 0.25) is 5.91 Å². The van der Waals surface area contributed by atoms with E-state index in [2.05, 4.69) is 26.6 Å². The van der Waals surface area contributed by atoms with Crippen molar-refractivity contribution in [3.63, 3.8) is 0 Å². The second kappa shape index (κ2) is 15.5. The number of carbonyl (C=O) groups is 1. The molecule has 11 heteroatoms. The summed E-state index contributed by atoms with van der Waals surface area (Å²) in [5, 5.41) is 25.3. The molecule has 222 valence electrons. The number of benzene rings is 2. The van der Waals surface area contributed by atoms with Crippen molar-refractivity contribution in [2.24, 2.45) is 0 Å². The SMILES string of the molecule is CN(CC=CC(=O)Nc1cc2c(Nc3ccc(F)c(Cl)c3)c(C#N)cnc2cc1O[C@H]1CCOC1)CCCCCCO. The van der Waals surface area contributed by atoms with Gasteiger partial charge in [0.05, 0.1) is 40.7 Å². The summed E-state index contributed by atoms with van der Waals surface area (Å²) >= 11 is 5.98. The minimum atomic E-state index is -0.553. The predicted octanol–water partition coefficient (Wildman–Crippen LogP) is 5.79. The molecule has 0 radical (unpaired) electrons. The van der Waals surface area contributed by atoms with Crippen molar-refractivity contribution in [3.8, 4) is 11.8 Å². The Labute approximate surface area is 249 Å². The van der Waals surface area contributed by atoms with Gasteiger partial charge in [0.25, 0.3) is 0 Å². The minimum Gasteiger partial charge on any atom is -0.486 e. The van der Waals surface area contributed by atoms with Crippen LogP contribution in [0.15, 0.2) is 48.7 Å². The number of aromatic nitrogens is 1. The molecular formula is C31H35ClFN5O4. The van der Waals surface area contributed by atoms with Crippen molar-refractivity contribution in [2.45, 2.75) is 38.2 Å². The summed E-state index contributed by atoms with van der Waals surface area (Å²) in [4.78, 5) is 19.5. The maximum atomic E-state index is 13.7. The topological polar surface area (TPSA) is 120 Å². The lowest BCUT2D eigenvalue weighted by Crippen LogP contribution is -2.20. The number of likely N-dealkylation sites (N-methyl/N-ethyl adjacent to an activating group) is 1. The van der Waals surface area contributed by atoms with E-state index >= 15 is 0 Å². The number of hydrogen-bond acceptors (Lipinski definition) is 8. The third-order valence-electron chi connectivity index (χ3n) is 6.85. The number of amides is 1. The number of nitrogens with zero attached hydrogens (tertiary/aromatic N) is 3. The average Bonchev–Trinajstić information content (AvgIpc) is 3.49. The molecule has 1 aliphatic heterocycles. The molecule has 1 aliphatic rings. The molecule has 1 fully saturated rings. The first-order valence-corrected chi connectivity index (χ1v) is 14.4. The number of nitrogens with one attached hydrogen (secondary N) is 2. The zero-order chi connectivity index (χ0) is 29.9. The van der Waals surface area contributed by atoms with Gasteiger partial charge in [-0.2, -0.15) is 5.26 Å². The molecule has 3 N–H and O–H groups in total. The smallest absolute Gasteiger partial charge is 0.248 e. The molecule has 1 saturated heterocycles. The highest BCUT2D eigenvalue weighted by molar-refractivity contribution is 6.31. The van der Waals surface area contributed by atoms with Crippen LogP contribution in [0.1, 0.15) is 37.7 Å². The van der Waals surface area contributed by atoms with E-state index in [0.29, 0.717) is 53.5 Å². The van der Waals surface area contributed by atoms with E-state index in [1.165, 1.54) is 30.5 Å².